The first-order valence-corrected chi connectivity index (χ1v) is 9.16. The highest BCUT2D eigenvalue weighted by atomic mass is 16.2. The van der Waals surface area contributed by atoms with Crippen molar-refractivity contribution in [2.24, 2.45) is 5.92 Å². The van der Waals surface area contributed by atoms with Gasteiger partial charge in [0.05, 0.1) is 11.6 Å². The normalized spacial score (nSPS) is 25.7. The van der Waals surface area contributed by atoms with Crippen LogP contribution in [0.2, 0.25) is 0 Å². The van der Waals surface area contributed by atoms with Gasteiger partial charge in [-0.3, -0.25) is 19.7 Å². The van der Waals surface area contributed by atoms with Gasteiger partial charge in [-0.05, 0) is 31.4 Å². The topological polar surface area (TPSA) is 58.1 Å². The lowest BCUT2D eigenvalue weighted by atomic mass is 9.93. The van der Waals surface area contributed by atoms with Gasteiger partial charge in [-0.1, -0.05) is 30.3 Å². The molecule has 2 aliphatic heterocycles. The van der Waals surface area contributed by atoms with Crippen LogP contribution in [0.1, 0.15) is 36.6 Å². The lowest BCUT2D eigenvalue weighted by Crippen LogP contribution is -2.38. The largest absolute Gasteiger partial charge is 0.355 e. The third-order valence-electron chi connectivity index (χ3n) is 5.50. The minimum absolute atomic E-state index is 0.0922. The summed E-state index contributed by atoms with van der Waals surface area (Å²) in [5.41, 5.74) is 2.25. The average molecular weight is 336 g/mol. The maximum Gasteiger partial charge on any atom is 0.224 e. The number of aromatic nitrogens is 2. The molecule has 2 aliphatic rings. The summed E-state index contributed by atoms with van der Waals surface area (Å²) < 4.78 is 0. The summed E-state index contributed by atoms with van der Waals surface area (Å²) in [6.07, 6.45) is 9.08. The summed E-state index contributed by atoms with van der Waals surface area (Å²) in [4.78, 5) is 23.6. The van der Waals surface area contributed by atoms with Crippen LogP contribution in [0, 0.1) is 5.92 Å². The molecule has 1 aromatic heterocycles. The second-order valence-corrected chi connectivity index (χ2v) is 6.95. The Labute approximate surface area is 148 Å². The molecule has 4 rings (SSSR count). The lowest BCUT2D eigenvalue weighted by Gasteiger charge is -2.24. The highest BCUT2D eigenvalue weighted by Gasteiger charge is 2.46. The molecule has 1 amide bonds. The van der Waals surface area contributed by atoms with Gasteiger partial charge in [-0.2, -0.15) is 0 Å². The van der Waals surface area contributed by atoms with Gasteiger partial charge in [0, 0.05) is 43.6 Å². The fourth-order valence-corrected chi connectivity index (χ4v) is 4.36. The van der Waals surface area contributed by atoms with Crippen LogP contribution in [0.3, 0.4) is 0 Å². The number of amides is 1. The van der Waals surface area contributed by atoms with Gasteiger partial charge in [0.25, 0.3) is 0 Å². The van der Waals surface area contributed by atoms with Crippen molar-refractivity contribution >= 4 is 5.91 Å². The van der Waals surface area contributed by atoms with Crippen LogP contribution in [-0.2, 0) is 11.2 Å². The molecule has 0 unspecified atom stereocenters. The van der Waals surface area contributed by atoms with Crippen molar-refractivity contribution in [2.75, 3.05) is 13.1 Å². The maximum absolute atomic E-state index is 12.8. The van der Waals surface area contributed by atoms with Crippen LogP contribution in [0.25, 0.3) is 0 Å². The van der Waals surface area contributed by atoms with E-state index in [1.54, 1.807) is 18.6 Å². The van der Waals surface area contributed by atoms with E-state index in [1.165, 1.54) is 12.0 Å². The fourth-order valence-electron chi connectivity index (χ4n) is 4.36. The van der Waals surface area contributed by atoms with Gasteiger partial charge in [-0.15, -0.1) is 0 Å². The standard InChI is InChI=1S/C20H24N4O/c25-20(23-9-8-16-14-21-10-11-22-16)17-13-19(15-5-2-1-3-6-15)24-12-4-7-18(17)24/h1-3,5-6,10-11,14,17-19H,4,7-9,12-13H2,(H,23,25)/t17-,18+,19-/m0/s1. The Balaban J connectivity index is 1.39. The second-order valence-electron chi connectivity index (χ2n) is 6.95. The Kier molecular flexibility index (Phi) is 4.74. The number of carbonyl (C=O) groups is 1. The maximum atomic E-state index is 12.8. The summed E-state index contributed by atoms with van der Waals surface area (Å²) in [6, 6.07) is 11.4. The molecular weight excluding hydrogens is 312 g/mol. The summed E-state index contributed by atoms with van der Waals surface area (Å²) >= 11 is 0. The second kappa shape index (κ2) is 7.31. The molecule has 0 saturated carbocycles. The number of rotatable bonds is 5. The predicted molar refractivity (Wildman–Crippen MR) is 95.8 cm³/mol. The van der Waals surface area contributed by atoms with Gasteiger partial charge in [0.1, 0.15) is 0 Å². The molecular formula is C20H24N4O. The SMILES string of the molecule is O=C(NCCc1cnccn1)[C@H]1C[C@@H](c2ccccc2)N2CCC[C@H]12. The smallest absolute Gasteiger partial charge is 0.224 e. The number of hydrogen-bond donors (Lipinski definition) is 1. The molecule has 2 aromatic rings. The van der Waals surface area contributed by atoms with Crippen molar-refractivity contribution in [1.29, 1.82) is 0 Å². The number of fused-ring (bicyclic) bond motifs is 1. The first kappa shape index (κ1) is 16.2. The molecule has 1 N–H and O–H groups in total. The van der Waals surface area contributed by atoms with Gasteiger partial charge in [-0.25, -0.2) is 0 Å². The van der Waals surface area contributed by atoms with Crippen LogP contribution in [-0.4, -0.2) is 39.9 Å². The van der Waals surface area contributed by atoms with Crippen molar-refractivity contribution in [1.82, 2.24) is 20.2 Å². The highest BCUT2D eigenvalue weighted by Crippen LogP contribution is 2.44. The molecule has 3 atom stereocenters. The van der Waals surface area contributed by atoms with Gasteiger partial charge >= 0.3 is 0 Å². The lowest BCUT2D eigenvalue weighted by molar-refractivity contribution is -0.125. The van der Waals surface area contributed by atoms with Crippen LogP contribution < -0.4 is 5.32 Å². The monoisotopic (exact) mass is 336 g/mol. The number of benzene rings is 1. The Morgan fingerprint density at radius 1 is 1.24 bits per heavy atom. The van der Waals surface area contributed by atoms with E-state index in [-0.39, 0.29) is 11.8 Å². The Bertz CT molecular complexity index is 706. The predicted octanol–water partition coefficient (Wildman–Crippen LogP) is 2.36. The van der Waals surface area contributed by atoms with E-state index in [1.807, 2.05) is 0 Å². The summed E-state index contributed by atoms with van der Waals surface area (Å²) in [7, 11) is 0. The zero-order valence-corrected chi connectivity index (χ0v) is 14.3. The van der Waals surface area contributed by atoms with E-state index in [0.29, 0.717) is 18.6 Å². The molecule has 0 radical (unpaired) electrons. The highest BCUT2D eigenvalue weighted by molar-refractivity contribution is 5.80. The number of carbonyl (C=O) groups excluding carboxylic acids is 1. The molecule has 2 saturated heterocycles. The molecule has 0 spiro atoms. The third kappa shape index (κ3) is 3.42. The van der Waals surface area contributed by atoms with Gasteiger partial charge in [0.2, 0.25) is 5.91 Å². The van der Waals surface area contributed by atoms with Crippen molar-refractivity contribution in [3.63, 3.8) is 0 Å². The Morgan fingerprint density at radius 3 is 2.92 bits per heavy atom. The van der Waals surface area contributed by atoms with E-state index in [9.17, 15) is 4.79 Å². The molecule has 1 aromatic carbocycles. The zero-order chi connectivity index (χ0) is 17.1. The van der Waals surface area contributed by atoms with Crippen LogP contribution >= 0.6 is 0 Å². The van der Waals surface area contributed by atoms with E-state index in [2.05, 4.69) is 50.5 Å². The fraction of sp³-hybridized carbons (Fsp3) is 0.450. The summed E-state index contributed by atoms with van der Waals surface area (Å²) in [5, 5.41) is 3.12. The van der Waals surface area contributed by atoms with Crippen LogP contribution in [0.4, 0.5) is 0 Å². The molecule has 5 heteroatoms. The van der Waals surface area contributed by atoms with E-state index in [4.69, 9.17) is 0 Å². The molecule has 0 aliphatic carbocycles. The van der Waals surface area contributed by atoms with Crippen molar-refractivity contribution < 1.29 is 4.79 Å². The Hall–Kier alpha value is -2.27. The summed E-state index contributed by atoms with van der Waals surface area (Å²) in [6.45, 7) is 1.73. The molecule has 130 valence electrons. The molecule has 5 nitrogen and oxygen atoms in total. The third-order valence-corrected chi connectivity index (χ3v) is 5.50. The minimum Gasteiger partial charge on any atom is -0.355 e. The average Bonchev–Trinajstić information content (AvgIpc) is 3.26. The zero-order valence-electron chi connectivity index (χ0n) is 14.3. The van der Waals surface area contributed by atoms with Gasteiger partial charge < -0.3 is 5.32 Å². The molecule has 2 fully saturated rings. The minimum atomic E-state index is 0.0922. The van der Waals surface area contributed by atoms with E-state index >= 15 is 0 Å². The van der Waals surface area contributed by atoms with Gasteiger partial charge in [0.15, 0.2) is 0 Å². The van der Waals surface area contributed by atoms with E-state index < -0.39 is 0 Å². The van der Waals surface area contributed by atoms with Crippen molar-refractivity contribution in [3.05, 3.63) is 60.2 Å². The first-order valence-electron chi connectivity index (χ1n) is 9.16. The summed E-state index contributed by atoms with van der Waals surface area (Å²) in [5.74, 6) is 0.286. The van der Waals surface area contributed by atoms with E-state index in [0.717, 1.165) is 31.5 Å². The van der Waals surface area contributed by atoms with Crippen LogP contribution in [0.5, 0.6) is 0 Å². The Morgan fingerprint density at radius 2 is 2.12 bits per heavy atom. The molecule has 0 bridgehead atoms. The van der Waals surface area contributed by atoms with Crippen molar-refractivity contribution in [3.8, 4) is 0 Å². The molecule has 3 heterocycles. The van der Waals surface area contributed by atoms with Crippen LogP contribution in [0.15, 0.2) is 48.9 Å². The number of nitrogens with zero attached hydrogens (tertiary/aromatic N) is 3. The number of hydrogen-bond acceptors (Lipinski definition) is 4. The van der Waals surface area contributed by atoms with Crippen molar-refractivity contribution in [2.45, 2.75) is 37.8 Å². The first-order chi connectivity index (χ1) is 12.3. The molecule has 25 heavy (non-hydrogen) atoms. The quantitative estimate of drug-likeness (QED) is 0.911. The number of nitrogens with one attached hydrogen (secondary N) is 1.